The van der Waals surface area contributed by atoms with Crippen LogP contribution in [0.25, 0.3) is 4.96 Å². The molecule has 0 fully saturated rings. The number of likely N-dealkylation sites (N-methyl/N-ethyl adjacent to an activating group) is 1. The summed E-state index contributed by atoms with van der Waals surface area (Å²) in [4.78, 5) is 5.66. The van der Waals surface area contributed by atoms with E-state index in [1.165, 1.54) is 5.69 Å². The number of nitrogens with one attached hydrogen (secondary N) is 1. The molecule has 3 heterocycles. The van der Waals surface area contributed by atoms with Crippen molar-refractivity contribution < 1.29 is 0 Å². The largest absolute Gasteiger partial charge is 0.311 e. The molecule has 0 saturated carbocycles. The first-order valence-corrected chi connectivity index (χ1v) is 6.72. The van der Waals surface area contributed by atoms with Crippen molar-refractivity contribution in [3.63, 3.8) is 0 Å². The molecule has 0 aliphatic rings. The fourth-order valence-corrected chi connectivity index (χ4v) is 2.88. The average Bonchev–Trinajstić information content (AvgIpc) is 3.01. The van der Waals surface area contributed by atoms with Gasteiger partial charge in [-0.05, 0) is 13.1 Å². The number of thiazole rings is 1. The van der Waals surface area contributed by atoms with Crippen LogP contribution in [0.4, 0.5) is 0 Å². The zero-order chi connectivity index (χ0) is 12.5. The molecule has 1 N–H and O–H groups in total. The summed E-state index contributed by atoms with van der Waals surface area (Å²) in [7, 11) is 3.93. The van der Waals surface area contributed by atoms with Crippen LogP contribution in [0.5, 0.6) is 0 Å². The van der Waals surface area contributed by atoms with Gasteiger partial charge < -0.3 is 5.32 Å². The first-order chi connectivity index (χ1) is 8.78. The number of hydrogen-bond acceptors (Lipinski definition) is 4. The van der Waals surface area contributed by atoms with Gasteiger partial charge in [-0.1, -0.05) is 0 Å². The lowest BCUT2D eigenvalue weighted by Crippen LogP contribution is -2.21. The number of fused-ring (bicyclic) bond motifs is 1. The lowest BCUT2D eigenvalue weighted by molar-refractivity contribution is 0.533. The topological polar surface area (TPSA) is 47.1 Å². The van der Waals surface area contributed by atoms with Crippen molar-refractivity contribution in [2.24, 2.45) is 7.05 Å². The second kappa shape index (κ2) is 4.55. The van der Waals surface area contributed by atoms with E-state index in [2.05, 4.69) is 26.0 Å². The van der Waals surface area contributed by atoms with Gasteiger partial charge in [0.25, 0.3) is 0 Å². The van der Waals surface area contributed by atoms with Crippen LogP contribution in [-0.4, -0.2) is 26.2 Å². The lowest BCUT2D eigenvalue weighted by Gasteiger charge is -2.15. The summed E-state index contributed by atoms with van der Waals surface area (Å²) in [6, 6.07) is 2.28. The smallest absolute Gasteiger partial charge is 0.193 e. The predicted octanol–water partition coefficient (Wildman–Crippen LogP) is 1.63. The summed E-state index contributed by atoms with van der Waals surface area (Å²) in [5.74, 6) is 0. The van der Waals surface area contributed by atoms with E-state index in [9.17, 15) is 0 Å². The van der Waals surface area contributed by atoms with Crippen molar-refractivity contribution in [2.75, 3.05) is 7.05 Å². The highest BCUT2D eigenvalue weighted by Gasteiger charge is 2.15. The van der Waals surface area contributed by atoms with Gasteiger partial charge in [-0.3, -0.25) is 9.08 Å². The summed E-state index contributed by atoms with van der Waals surface area (Å²) in [6.45, 7) is 0. The van der Waals surface area contributed by atoms with Gasteiger partial charge in [0.15, 0.2) is 4.96 Å². The maximum absolute atomic E-state index is 4.61. The minimum atomic E-state index is 0.238. The highest BCUT2D eigenvalue weighted by molar-refractivity contribution is 7.15. The minimum absolute atomic E-state index is 0.238. The van der Waals surface area contributed by atoms with Gasteiger partial charge in [0, 0.05) is 37.4 Å². The van der Waals surface area contributed by atoms with Gasteiger partial charge in [0.1, 0.15) is 0 Å². The molecule has 3 aromatic heterocycles. The fraction of sp³-hybridized carbons (Fsp3) is 0.333. The first kappa shape index (κ1) is 11.4. The Bertz CT molecular complexity index is 622. The molecule has 5 nitrogen and oxygen atoms in total. The van der Waals surface area contributed by atoms with Gasteiger partial charge in [0.2, 0.25) is 0 Å². The molecule has 0 aromatic carbocycles. The summed E-state index contributed by atoms with van der Waals surface area (Å²) >= 11 is 1.66. The van der Waals surface area contributed by atoms with Crippen LogP contribution in [0.3, 0.4) is 0 Å². The standard InChI is InChI=1S/C12H15N5S/c1-13-10(11-3-4-14-16(11)2)7-9-8-17-5-6-18-12(17)15-9/h3-6,8,10,13H,7H2,1-2H3. The number of hydrogen-bond donors (Lipinski definition) is 1. The molecule has 1 atom stereocenters. The molecule has 18 heavy (non-hydrogen) atoms. The van der Waals surface area contributed by atoms with E-state index in [1.807, 2.05) is 42.6 Å². The van der Waals surface area contributed by atoms with Crippen LogP contribution < -0.4 is 5.32 Å². The Morgan fingerprint density at radius 1 is 1.50 bits per heavy atom. The molecular weight excluding hydrogens is 246 g/mol. The molecule has 0 saturated heterocycles. The van der Waals surface area contributed by atoms with Crippen LogP contribution in [-0.2, 0) is 13.5 Å². The van der Waals surface area contributed by atoms with Crippen molar-refractivity contribution in [3.05, 3.63) is 41.4 Å². The van der Waals surface area contributed by atoms with Crippen LogP contribution in [0.1, 0.15) is 17.4 Å². The van der Waals surface area contributed by atoms with E-state index in [4.69, 9.17) is 0 Å². The van der Waals surface area contributed by atoms with Crippen LogP contribution in [0.2, 0.25) is 0 Å². The monoisotopic (exact) mass is 261 g/mol. The van der Waals surface area contributed by atoms with Gasteiger partial charge in [-0.25, -0.2) is 4.98 Å². The van der Waals surface area contributed by atoms with E-state index in [-0.39, 0.29) is 6.04 Å². The summed E-state index contributed by atoms with van der Waals surface area (Å²) in [5, 5.41) is 9.58. The minimum Gasteiger partial charge on any atom is -0.311 e. The molecular formula is C12H15N5S. The van der Waals surface area contributed by atoms with Crippen molar-refractivity contribution in [2.45, 2.75) is 12.5 Å². The van der Waals surface area contributed by atoms with E-state index >= 15 is 0 Å². The Morgan fingerprint density at radius 3 is 3.06 bits per heavy atom. The molecule has 94 valence electrons. The summed E-state index contributed by atoms with van der Waals surface area (Å²) in [6.07, 6.45) is 6.82. The zero-order valence-corrected chi connectivity index (χ0v) is 11.2. The zero-order valence-electron chi connectivity index (χ0n) is 10.4. The molecule has 3 aromatic rings. The number of nitrogens with zero attached hydrogens (tertiary/aromatic N) is 4. The predicted molar refractivity (Wildman–Crippen MR) is 71.8 cm³/mol. The third-order valence-corrected chi connectivity index (χ3v) is 3.89. The Labute approximate surface area is 109 Å². The molecule has 0 aliphatic heterocycles. The molecule has 0 amide bonds. The second-order valence-corrected chi connectivity index (χ2v) is 5.12. The molecule has 6 heteroatoms. The molecule has 3 rings (SSSR count). The number of imidazole rings is 1. The lowest BCUT2D eigenvalue weighted by atomic mass is 10.1. The van der Waals surface area contributed by atoms with E-state index in [1.54, 1.807) is 11.3 Å². The van der Waals surface area contributed by atoms with Gasteiger partial charge >= 0.3 is 0 Å². The number of aromatic nitrogens is 4. The second-order valence-electron chi connectivity index (χ2n) is 4.25. The maximum atomic E-state index is 4.61. The van der Waals surface area contributed by atoms with Gasteiger partial charge in [-0.15, -0.1) is 11.3 Å². The third-order valence-electron chi connectivity index (χ3n) is 3.12. The number of aryl methyl sites for hydroxylation is 1. The number of rotatable bonds is 4. The van der Waals surface area contributed by atoms with Crippen LogP contribution in [0.15, 0.2) is 30.0 Å². The molecule has 1 unspecified atom stereocenters. The Morgan fingerprint density at radius 2 is 2.39 bits per heavy atom. The van der Waals surface area contributed by atoms with Crippen molar-refractivity contribution >= 4 is 16.3 Å². The summed E-state index contributed by atoms with van der Waals surface area (Å²) < 4.78 is 3.97. The molecule has 0 radical (unpaired) electrons. The Hall–Kier alpha value is -1.66. The quantitative estimate of drug-likeness (QED) is 0.776. The van der Waals surface area contributed by atoms with Crippen LogP contribution in [0, 0.1) is 0 Å². The van der Waals surface area contributed by atoms with Gasteiger partial charge in [-0.2, -0.15) is 5.10 Å². The Balaban J connectivity index is 1.86. The normalized spacial score (nSPS) is 13.2. The Kier molecular flexibility index (Phi) is 2.89. The van der Waals surface area contributed by atoms with E-state index < -0.39 is 0 Å². The van der Waals surface area contributed by atoms with Crippen molar-refractivity contribution in [1.82, 2.24) is 24.5 Å². The van der Waals surface area contributed by atoms with E-state index in [0.717, 1.165) is 17.1 Å². The average molecular weight is 261 g/mol. The maximum Gasteiger partial charge on any atom is 0.193 e. The molecule has 0 aliphatic carbocycles. The van der Waals surface area contributed by atoms with Gasteiger partial charge in [0.05, 0.1) is 17.4 Å². The highest BCUT2D eigenvalue weighted by Crippen LogP contribution is 2.19. The first-order valence-electron chi connectivity index (χ1n) is 5.84. The third kappa shape index (κ3) is 1.93. The van der Waals surface area contributed by atoms with Crippen molar-refractivity contribution in [1.29, 1.82) is 0 Å². The van der Waals surface area contributed by atoms with Crippen LogP contribution >= 0.6 is 11.3 Å². The van der Waals surface area contributed by atoms with E-state index in [0.29, 0.717) is 0 Å². The fourth-order valence-electron chi connectivity index (χ4n) is 2.16. The highest BCUT2D eigenvalue weighted by atomic mass is 32.1. The molecule has 0 bridgehead atoms. The summed E-state index contributed by atoms with van der Waals surface area (Å²) in [5.41, 5.74) is 2.27. The van der Waals surface area contributed by atoms with Crippen molar-refractivity contribution in [3.8, 4) is 0 Å². The SMILES string of the molecule is CNC(Cc1cn2ccsc2n1)c1ccnn1C. The molecule has 0 spiro atoms.